The van der Waals surface area contributed by atoms with E-state index in [0.717, 1.165) is 62.1 Å². The van der Waals surface area contributed by atoms with Gasteiger partial charge >= 0.3 is 0 Å². The van der Waals surface area contributed by atoms with Crippen LogP contribution in [0.5, 0.6) is 5.75 Å². The number of nitrogen functional groups attached to an aromatic ring is 1. The number of nitrogens with one attached hydrogen (secondary N) is 1. The molecule has 0 aliphatic heterocycles. The van der Waals surface area contributed by atoms with E-state index in [0.29, 0.717) is 17.3 Å². The van der Waals surface area contributed by atoms with Crippen molar-refractivity contribution in [3.8, 4) is 62.2 Å². The fraction of sp³-hybridized carbons (Fsp3) is 0.186. The van der Waals surface area contributed by atoms with Gasteiger partial charge in [-0.15, -0.1) is 0 Å². The third-order valence-electron chi connectivity index (χ3n) is 10.4. The van der Waals surface area contributed by atoms with Gasteiger partial charge in [-0.2, -0.15) is 0 Å². The summed E-state index contributed by atoms with van der Waals surface area (Å²) in [5, 5.41) is 12.2. The zero-order valence-corrected chi connectivity index (χ0v) is 42.0. The zero-order chi connectivity index (χ0) is 45.6. The molecule has 0 aliphatic carbocycles. The predicted molar refractivity (Wildman–Crippen MR) is 273 cm³/mol. The summed E-state index contributed by atoms with van der Waals surface area (Å²) >= 11 is 0. The normalized spacial score (nSPS) is 10.7. The molecule has 0 amide bonds. The molecule has 3 heterocycles. The molecule has 0 unspecified atom stereocenters. The molecule has 9 rings (SSSR count). The second kappa shape index (κ2) is 23.4. The number of aromatic hydroxyl groups is 1. The number of nitrogens with two attached hydrogens (primary N) is 1. The van der Waals surface area contributed by atoms with E-state index in [1.807, 2.05) is 116 Å². The Morgan fingerprint density at radius 1 is 0.415 bits per heavy atom. The molecule has 4 N–H and O–H groups in total. The maximum absolute atomic E-state index is 12.2. The Hall–Kier alpha value is -6.55. The van der Waals surface area contributed by atoms with Crippen molar-refractivity contribution in [3.63, 3.8) is 0 Å². The first-order chi connectivity index (χ1) is 30.8. The molecular formula is C59H64N4OW. The number of phenolic OH excluding ortho intramolecular Hbond substituents is 1. The van der Waals surface area contributed by atoms with Gasteiger partial charge < -0.3 is 25.0 Å². The van der Waals surface area contributed by atoms with Crippen molar-refractivity contribution in [1.82, 2.24) is 14.1 Å². The third kappa shape index (κ3) is 13.0. The average molecular weight is 1030 g/mol. The topological polar surface area (TPSA) is 71.9 Å². The Balaban J connectivity index is 0.000000271. The van der Waals surface area contributed by atoms with Crippen molar-refractivity contribution < 1.29 is 26.2 Å². The van der Waals surface area contributed by atoms with Crippen LogP contribution in [-0.4, -0.2) is 19.2 Å². The molecule has 0 bridgehead atoms. The van der Waals surface area contributed by atoms with Crippen LogP contribution < -0.4 is 5.73 Å². The molecule has 0 spiro atoms. The molecule has 0 atom stereocenters. The van der Waals surface area contributed by atoms with Gasteiger partial charge in [0.15, 0.2) is 5.75 Å². The smallest absolute Gasteiger partial charge is 0.163 e. The Morgan fingerprint density at radius 3 is 0.938 bits per heavy atom. The van der Waals surface area contributed by atoms with Crippen LogP contribution in [0.25, 0.3) is 56.4 Å². The van der Waals surface area contributed by atoms with Gasteiger partial charge in [0.25, 0.3) is 0 Å². The monoisotopic (exact) mass is 1030 g/mol. The molecule has 6 aromatic carbocycles. The Morgan fingerprint density at radius 2 is 0.692 bits per heavy atom. The largest absolute Gasteiger partial charge is 0.504 e. The summed E-state index contributed by atoms with van der Waals surface area (Å²) in [6, 6.07) is 66.0. The van der Waals surface area contributed by atoms with Crippen LogP contribution in [0.2, 0.25) is 0 Å². The zero-order valence-electron chi connectivity index (χ0n) is 39.1. The molecular weight excluding hydrogens is 965 g/mol. The SMILES string of the molecule is CC(C)(C)C.CC(C)c1cccc(C(C)C)c1N.Oc1c(-n2c(-c3ccccc3)ccc2-c2ccccc2)cccc1-n1c(-c2ccccc2)ccc1-c1ccccc1.[W].c1cc[nH]c1. The molecule has 0 aliphatic rings. The third-order valence-corrected chi connectivity index (χ3v) is 10.4. The first kappa shape index (κ1) is 49.5. The van der Waals surface area contributed by atoms with Crippen molar-refractivity contribution in [3.05, 3.63) is 218 Å². The van der Waals surface area contributed by atoms with Gasteiger partial charge in [0, 0.05) is 39.1 Å². The standard InChI is InChI=1S/C38H28N2O.C12H19N.C5H12.C4H5N.W/c41-38-36(39-32(28-14-5-1-6-15-28)24-25-33(39)29-16-7-2-8-17-29)22-13-23-37(38)40-34(30-18-9-3-10-19-30)26-27-35(40)31-20-11-4-12-21-31;1-8(2)10-6-5-7-11(9(3)4)12(10)13;1-5(2,3)4;1-2-4-5-3-1;/h1-27,41H;5-9H,13H2,1-4H3;1-4H3;1-5H;. The van der Waals surface area contributed by atoms with Gasteiger partial charge in [-0.05, 0) is 99.2 Å². The van der Waals surface area contributed by atoms with E-state index in [1.54, 1.807) is 0 Å². The summed E-state index contributed by atoms with van der Waals surface area (Å²) < 4.78 is 4.33. The molecule has 0 radical (unpaired) electrons. The summed E-state index contributed by atoms with van der Waals surface area (Å²) in [7, 11) is 0. The van der Waals surface area contributed by atoms with Crippen LogP contribution in [0.3, 0.4) is 0 Å². The predicted octanol–water partition coefficient (Wildman–Crippen LogP) is 16.2. The van der Waals surface area contributed by atoms with Crippen LogP contribution in [0.15, 0.2) is 207 Å². The van der Waals surface area contributed by atoms with E-state index in [1.165, 1.54) is 11.1 Å². The molecule has 332 valence electrons. The molecule has 65 heavy (non-hydrogen) atoms. The van der Waals surface area contributed by atoms with Crippen LogP contribution >= 0.6 is 0 Å². The molecule has 0 fully saturated rings. The Bertz CT molecular complexity index is 2460. The summed E-state index contributed by atoms with van der Waals surface area (Å²) in [6.07, 6.45) is 3.75. The van der Waals surface area contributed by atoms with E-state index in [2.05, 4.69) is 161 Å². The van der Waals surface area contributed by atoms with E-state index in [-0.39, 0.29) is 26.8 Å². The number of anilines is 1. The van der Waals surface area contributed by atoms with Crippen molar-refractivity contribution in [2.75, 3.05) is 5.73 Å². The van der Waals surface area contributed by atoms with Gasteiger partial charge in [-0.1, -0.05) is 201 Å². The number of benzene rings is 6. The Kier molecular flexibility index (Phi) is 17.8. The number of aromatic amines is 1. The minimum absolute atomic E-state index is 0. The molecule has 5 nitrogen and oxygen atoms in total. The second-order valence-corrected chi connectivity index (χ2v) is 18.0. The van der Waals surface area contributed by atoms with Crippen LogP contribution in [0, 0.1) is 5.41 Å². The second-order valence-electron chi connectivity index (χ2n) is 18.0. The van der Waals surface area contributed by atoms with Crippen molar-refractivity contribution >= 4 is 5.69 Å². The minimum atomic E-state index is 0. The van der Waals surface area contributed by atoms with Crippen molar-refractivity contribution in [1.29, 1.82) is 0 Å². The van der Waals surface area contributed by atoms with Gasteiger partial charge in [0.2, 0.25) is 0 Å². The van der Waals surface area contributed by atoms with E-state index in [4.69, 9.17) is 5.73 Å². The number of phenols is 1. The van der Waals surface area contributed by atoms with Gasteiger partial charge in [-0.3, -0.25) is 0 Å². The summed E-state index contributed by atoms with van der Waals surface area (Å²) in [4.78, 5) is 2.86. The number of hydrogen-bond acceptors (Lipinski definition) is 2. The van der Waals surface area contributed by atoms with Gasteiger partial charge in [0.1, 0.15) is 0 Å². The first-order valence-corrected chi connectivity index (χ1v) is 22.3. The van der Waals surface area contributed by atoms with E-state index in [9.17, 15) is 5.11 Å². The van der Waals surface area contributed by atoms with Gasteiger partial charge in [0.05, 0.1) is 34.2 Å². The number of hydrogen-bond donors (Lipinski definition) is 3. The summed E-state index contributed by atoms with van der Waals surface area (Å²) in [6.45, 7) is 17.5. The van der Waals surface area contributed by atoms with E-state index < -0.39 is 0 Å². The maximum Gasteiger partial charge on any atom is 0.163 e. The fourth-order valence-corrected chi connectivity index (χ4v) is 7.50. The summed E-state index contributed by atoms with van der Waals surface area (Å²) in [5.41, 5.74) is 19.9. The van der Waals surface area contributed by atoms with Crippen LogP contribution in [0.1, 0.15) is 78.4 Å². The summed E-state index contributed by atoms with van der Waals surface area (Å²) in [5.74, 6) is 1.24. The number of rotatable bonds is 8. The van der Waals surface area contributed by atoms with Crippen LogP contribution in [-0.2, 0) is 21.1 Å². The molecule has 0 saturated heterocycles. The molecule has 0 saturated carbocycles. The average Bonchev–Trinajstić information content (AvgIpc) is 4.11. The molecule has 9 aromatic rings. The Labute approximate surface area is 401 Å². The molecule has 6 heteroatoms. The van der Waals surface area contributed by atoms with Gasteiger partial charge in [-0.25, -0.2) is 0 Å². The number of aromatic nitrogens is 3. The van der Waals surface area contributed by atoms with Crippen molar-refractivity contribution in [2.24, 2.45) is 5.41 Å². The number of H-pyrrole nitrogens is 1. The van der Waals surface area contributed by atoms with Crippen molar-refractivity contribution in [2.45, 2.75) is 67.2 Å². The minimum Gasteiger partial charge on any atom is -0.504 e. The van der Waals surface area contributed by atoms with Crippen LogP contribution in [0.4, 0.5) is 5.69 Å². The van der Waals surface area contributed by atoms with E-state index >= 15 is 0 Å². The quantitative estimate of drug-likeness (QED) is 0.133. The number of nitrogens with zero attached hydrogens (tertiary/aromatic N) is 2. The first-order valence-electron chi connectivity index (χ1n) is 22.3. The molecule has 3 aromatic heterocycles. The fourth-order valence-electron chi connectivity index (χ4n) is 7.50. The maximum atomic E-state index is 12.2. The number of para-hydroxylation sites is 2.